The van der Waals surface area contributed by atoms with Crippen LogP contribution >= 0.6 is 22.9 Å². The molecule has 0 amide bonds. The second-order valence-corrected chi connectivity index (χ2v) is 5.08. The van der Waals surface area contributed by atoms with Crippen LogP contribution in [0.3, 0.4) is 0 Å². The van der Waals surface area contributed by atoms with Crippen LogP contribution in [0.1, 0.15) is 22.7 Å². The summed E-state index contributed by atoms with van der Waals surface area (Å²) in [5.41, 5.74) is 5.04. The predicted octanol–water partition coefficient (Wildman–Crippen LogP) is 4.61. The van der Waals surface area contributed by atoms with E-state index in [0.717, 1.165) is 0 Å². The van der Waals surface area contributed by atoms with Gasteiger partial charge in [-0.2, -0.15) is 24.5 Å². The highest BCUT2D eigenvalue weighted by Gasteiger charge is 2.33. The van der Waals surface area contributed by atoms with Crippen LogP contribution in [0.15, 0.2) is 29.0 Å². The number of thiophene rings is 1. The minimum atomic E-state index is -4.60. The molecule has 0 spiro atoms. The van der Waals surface area contributed by atoms with Crippen LogP contribution < -0.4 is 5.73 Å². The molecule has 2 aromatic rings. The molecule has 102 valence electrons. The Kier molecular flexibility index (Phi) is 3.85. The van der Waals surface area contributed by atoms with Crippen molar-refractivity contribution < 1.29 is 17.6 Å². The summed E-state index contributed by atoms with van der Waals surface area (Å²) < 4.78 is 51.8. The molecule has 0 bridgehead atoms. The summed E-state index contributed by atoms with van der Waals surface area (Å²) in [4.78, 5) is 0. The van der Waals surface area contributed by atoms with Crippen molar-refractivity contribution in [1.82, 2.24) is 0 Å². The number of rotatable bonds is 2. The second-order valence-electron chi connectivity index (χ2n) is 3.89. The van der Waals surface area contributed by atoms with Gasteiger partial charge < -0.3 is 5.73 Å². The molecule has 1 aromatic heterocycles. The Morgan fingerprint density at radius 2 is 1.95 bits per heavy atom. The van der Waals surface area contributed by atoms with E-state index in [0.29, 0.717) is 17.7 Å². The summed E-state index contributed by atoms with van der Waals surface area (Å²) in [6.45, 7) is 0. The Morgan fingerprint density at radius 1 is 1.26 bits per heavy atom. The molecule has 0 aliphatic rings. The highest BCUT2D eigenvalue weighted by Crippen LogP contribution is 2.36. The Balaban J connectivity index is 2.53. The fourth-order valence-electron chi connectivity index (χ4n) is 1.63. The number of nitrogens with two attached hydrogens (primary N) is 1. The second kappa shape index (κ2) is 5.11. The molecule has 1 nitrogen and oxygen atoms in total. The number of alkyl halides is 3. The highest BCUT2D eigenvalue weighted by molar-refractivity contribution is 7.08. The maximum absolute atomic E-state index is 13.8. The molecule has 2 N–H and O–H groups in total. The Hall–Kier alpha value is -1.11. The van der Waals surface area contributed by atoms with Gasteiger partial charge in [-0.1, -0.05) is 11.6 Å². The van der Waals surface area contributed by atoms with Gasteiger partial charge in [0.05, 0.1) is 16.6 Å². The van der Waals surface area contributed by atoms with Crippen molar-refractivity contribution in [1.29, 1.82) is 0 Å². The van der Waals surface area contributed by atoms with Gasteiger partial charge in [-0.3, -0.25) is 0 Å². The van der Waals surface area contributed by atoms with Gasteiger partial charge in [-0.25, -0.2) is 4.39 Å². The Labute approximate surface area is 115 Å². The molecule has 19 heavy (non-hydrogen) atoms. The lowest BCUT2D eigenvalue weighted by Gasteiger charge is -2.15. The van der Waals surface area contributed by atoms with Gasteiger partial charge in [0, 0.05) is 5.56 Å². The molecule has 0 saturated heterocycles. The molecule has 0 saturated carbocycles. The quantitative estimate of drug-likeness (QED) is 0.806. The molecule has 0 aliphatic carbocycles. The first-order valence-electron chi connectivity index (χ1n) is 5.14. The molecule has 0 unspecified atom stereocenters. The van der Waals surface area contributed by atoms with E-state index in [1.807, 2.05) is 0 Å². The van der Waals surface area contributed by atoms with Crippen LogP contribution in [0.2, 0.25) is 5.02 Å². The maximum Gasteiger partial charge on any atom is 0.416 e. The first kappa shape index (κ1) is 14.3. The molecule has 0 aliphatic heterocycles. The molecule has 1 heterocycles. The lowest BCUT2D eigenvalue weighted by molar-refractivity contribution is -0.137. The SMILES string of the molecule is N[C@H](c1ccsc1)c1cc(C(F)(F)F)cc(Cl)c1F. The van der Waals surface area contributed by atoms with E-state index in [9.17, 15) is 17.6 Å². The third kappa shape index (κ3) is 2.91. The molecule has 7 heteroatoms. The van der Waals surface area contributed by atoms with Crippen LogP contribution in [0.4, 0.5) is 17.6 Å². The van der Waals surface area contributed by atoms with E-state index in [-0.39, 0.29) is 5.56 Å². The van der Waals surface area contributed by atoms with E-state index >= 15 is 0 Å². The first-order chi connectivity index (χ1) is 8.80. The van der Waals surface area contributed by atoms with Gasteiger partial charge in [0.15, 0.2) is 0 Å². The van der Waals surface area contributed by atoms with Crippen molar-refractivity contribution in [3.05, 3.63) is 56.5 Å². The number of hydrogen-bond acceptors (Lipinski definition) is 2. The van der Waals surface area contributed by atoms with Gasteiger partial charge in [-0.15, -0.1) is 0 Å². The van der Waals surface area contributed by atoms with E-state index < -0.39 is 28.6 Å². The van der Waals surface area contributed by atoms with Crippen LogP contribution in [-0.2, 0) is 6.18 Å². The summed E-state index contributed by atoms with van der Waals surface area (Å²) in [5, 5.41) is 2.77. The monoisotopic (exact) mass is 309 g/mol. The normalized spacial score (nSPS) is 13.6. The fourth-order valence-corrected chi connectivity index (χ4v) is 2.56. The topological polar surface area (TPSA) is 26.0 Å². The fraction of sp³-hybridized carbons (Fsp3) is 0.167. The molecule has 2 rings (SSSR count). The number of benzene rings is 1. The molecular weight excluding hydrogens is 302 g/mol. The van der Waals surface area contributed by atoms with E-state index in [4.69, 9.17) is 17.3 Å². The van der Waals surface area contributed by atoms with Crippen molar-refractivity contribution in [2.75, 3.05) is 0 Å². The minimum Gasteiger partial charge on any atom is -0.320 e. The van der Waals surface area contributed by atoms with Crippen molar-refractivity contribution in [2.45, 2.75) is 12.2 Å². The molecule has 0 fully saturated rings. The van der Waals surface area contributed by atoms with Gasteiger partial charge in [-0.05, 0) is 34.5 Å². The van der Waals surface area contributed by atoms with E-state index in [2.05, 4.69) is 0 Å². The van der Waals surface area contributed by atoms with Crippen molar-refractivity contribution in [3.63, 3.8) is 0 Å². The standard InChI is InChI=1S/C12H8ClF4NS/c13-9-4-7(12(15,16)17)3-8(10(9)14)11(18)6-1-2-19-5-6/h1-5,11H,18H2/t11-/m1/s1. The summed E-state index contributed by atoms with van der Waals surface area (Å²) in [7, 11) is 0. The number of halogens is 5. The maximum atomic E-state index is 13.8. The van der Waals surface area contributed by atoms with Gasteiger partial charge in [0.2, 0.25) is 0 Å². The Morgan fingerprint density at radius 3 is 2.47 bits per heavy atom. The van der Waals surface area contributed by atoms with Crippen molar-refractivity contribution in [2.24, 2.45) is 5.73 Å². The Bertz CT molecular complexity index is 580. The van der Waals surface area contributed by atoms with Crippen LogP contribution in [-0.4, -0.2) is 0 Å². The van der Waals surface area contributed by atoms with Crippen LogP contribution in [0.25, 0.3) is 0 Å². The van der Waals surface area contributed by atoms with Gasteiger partial charge in [0.1, 0.15) is 5.82 Å². The molecule has 0 radical (unpaired) electrons. The minimum absolute atomic E-state index is 0.266. The average Bonchev–Trinajstić information content (AvgIpc) is 2.83. The van der Waals surface area contributed by atoms with E-state index in [1.165, 1.54) is 11.3 Å². The van der Waals surface area contributed by atoms with Gasteiger partial charge in [0.25, 0.3) is 0 Å². The summed E-state index contributed by atoms with van der Waals surface area (Å²) in [6.07, 6.45) is -4.60. The first-order valence-corrected chi connectivity index (χ1v) is 6.46. The summed E-state index contributed by atoms with van der Waals surface area (Å²) >= 11 is 6.83. The third-order valence-corrected chi connectivity index (χ3v) is 3.60. The summed E-state index contributed by atoms with van der Waals surface area (Å²) in [5.74, 6) is -0.923. The molecular formula is C12H8ClF4NS. The largest absolute Gasteiger partial charge is 0.416 e. The third-order valence-electron chi connectivity index (χ3n) is 2.62. The average molecular weight is 310 g/mol. The number of hydrogen-bond donors (Lipinski definition) is 1. The van der Waals surface area contributed by atoms with E-state index in [1.54, 1.807) is 16.8 Å². The molecule has 1 aromatic carbocycles. The van der Waals surface area contributed by atoms with Crippen molar-refractivity contribution >= 4 is 22.9 Å². The summed E-state index contributed by atoms with van der Waals surface area (Å²) in [6, 6.07) is 1.90. The lowest BCUT2D eigenvalue weighted by Crippen LogP contribution is -2.15. The lowest BCUT2D eigenvalue weighted by atomic mass is 9.99. The highest BCUT2D eigenvalue weighted by atomic mass is 35.5. The predicted molar refractivity (Wildman–Crippen MR) is 66.8 cm³/mol. The zero-order valence-electron chi connectivity index (χ0n) is 9.34. The van der Waals surface area contributed by atoms with Gasteiger partial charge >= 0.3 is 6.18 Å². The van der Waals surface area contributed by atoms with Crippen LogP contribution in [0.5, 0.6) is 0 Å². The van der Waals surface area contributed by atoms with Crippen molar-refractivity contribution in [3.8, 4) is 0 Å². The molecule has 1 atom stereocenters. The zero-order valence-corrected chi connectivity index (χ0v) is 10.9. The zero-order chi connectivity index (χ0) is 14.2. The smallest absolute Gasteiger partial charge is 0.320 e. The van der Waals surface area contributed by atoms with Crippen LogP contribution in [0, 0.1) is 5.82 Å².